The lowest BCUT2D eigenvalue weighted by Gasteiger charge is -2.35. The molecule has 0 bridgehead atoms. The number of halogens is 3. The lowest BCUT2D eigenvalue weighted by Crippen LogP contribution is -2.44. The summed E-state index contributed by atoms with van der Waals surface area (Å²) in [5.41, 5.74) is 6.02. The maximum atomic E-state index is 12.6. The molecule has 0 spiro atoms. The molecular formula is C14H23F3N2O. The van der Waals surface area contributed by atoms with Crippen LogP contribution >= 0.6 is 0 Å². The molecule has 2 N–H and O–H groups in total. The topological polar surface area (TPSA) is 46.3 Å². The minimum atomic E-state index is -4.12. The van der Waals surface area contributed by atoms with Crippen LogP contribution in [0.4, 0.5) is 13.2 Å². The highest BCUT2D eigenvalue weighted by molar-refractivity contribution is 5.76. The van der Waals surface area contributed by atoms with Crippen molar-refractivity contribution in [3.05, 3.63) is 0 Å². The van der Waals surface area contributed by atoms with E-state index >= 15 is 0 Å². The molecule has 2 aliphatic rings. The molecule has 0 aromatic heterocycles. The van der Waals surface area contributed by atoms with Crippen LogP contribution in [-0.4, -0.2) is 36.1 Å². The van der Waals surface area contributed by atoms with Gasteiger partial charge < -0.3 is 10.6 Å². The first kappa shape index (κ1) is 15.6. The molecular weight excluding hydrogens is 269 g/mol. The van der Waals surface area contributed by atoms with Crippen LogP contribution in [0.2, 0.25) is 0 Å². The number of hydrogen-bond donors (Lipinski definition) is 1. The minimum Gasteiger partial charge on any atom is -0.343 e. The number of nitrogens with zero attached hydrogens (tertiary/aromatic N) is 1. The molecule has 116 valence electrons. The molecule has 0 aromatic carbocycles. The lowest BCUT2D eigenvalue weighted by molar-refractivity contribution is -0.186. The van der Waals surface area contributed by atoms with Crippen LogP contribution in [0.3, 0.4) is 0 Å². The number of carbonyl (C=O) groups is 1. The number of likely N-dealkylation sites (tertiary alicyclic amines) is 1. The Labute approximate surface area is 117 Å². The Bertz CT molecular complexity index is 338. The van der Waals surface area contributed by atoms with Crippen molar-refractivity contribution in [2.75, 3.05) is 13.1 Å². The summed E-state index contributed by atoms with van der Waals surface area (Å²) in [4.78, 5) is 13.7. The van der Waals surface area contributed by atoms with E-state index in [0.29, 0.717) is 6.42 Å². The third-order valence-corrected chi connectivity index (χ3v) is 4.72. The van der Waals surface area contributed by atoms with E-state index in [1.54, 1.807) is 4.90 Å². The van der Waals surface area contributed by atoms with Gasteiger partial charge in [0.2, 0.25) is 5.91 Å². The number of nitrogens with two attached hydrogens (primary N) is 1. The fourth-order valence-electron chi connectivity index (χ4n) is 3.30. The van der Waals surface area contributed by atoms with E-state index < -0.39 is 12.1 Å². The van der Waals surface area contributed by atoms with Gasteiger partial charge in [0, 0.05) is 25.6 Å². The van der Waals surface area contributed by atoms with Crippen molar-refractivity contribution < 1.29 is 18.0 Å². The average Bonchev–Trinajstić information content (AvgIpc) is 2.40. The second-order valence-corrected chi connectivity index (χ2v) is 6.11. The predicted octanol–water partition coefficient (Wildman–Crippen LogP) is 2.69. The van der Waals surface area contributed by atoms with Gasteiger partial charge in [-0.25, -0.2) is 0 Å². The maximum Gasteiger partial charge on any atom is 0.391 e. The third kappa shape index (κ3) is 3.87. The van der Waals surface area contributed by atoms with Crippen molar-refractivity contribution >= 4 is 5.91 Å². The van der Waals surface area contributed by atoms with Crippen molar-refractivity contribution in [2.24, 2.45) is 17.6 Å². The molecule has 1 aliphatic carbocycles. The Hall–Kier alpha value is -0.780. The summed E-state index contributed by atoms with van der Waals surface area (Å²) in [7, 11) is 0. The SMILES string of the molecule is NC1CCCCC1CC(=O)N1CCC(C(F)(F)F)CC1. The second-order valence-electron chi connectivity index (χ2n) is 6.11. The fourth-order valence-corrected chi connectivity index (χ4v) is 3.30. The van der Waals surface area contributed by atoms with E-state index in [4.69, 9.17) is 5.73 Å². The van der Waals surface area contributed by atoms with Crippen LogP contribution in [0.25, 0.3) is 0 Å². The van der Waals surface area contributed by atoms with Gasteiger partial charge in [-0.3, -0.25) is 4.79 Å². The molecule has 20 heavy (non-hydrogen) atoms. The van der Waals surface area contributed by atoms with Crippen molar-refractivity contribution in [3.8, 4) is 0 Å². The zero-order valence-corrected chi connectivity index (χ0v) is 11.7. The van der Waals surface area contributed by atoms with E-state index in [0.717, 1.165) is 25.7 Å². The number of rotatable bonds is 2. The molecule has 1 heterocycles. The monoisotopic (exact) mass is 292 g/mol. The summed E-state index contributed by atoms with van der Waals surface area (Å²) in [6.07, 6.45) is 0.473. The van der Waals surface area contributed by atoms with Crippen LogP contribution in [-0.2, 0) is 4.79 Å². The molecule has 3 nitrogen and oxygen atoms in total. The molecule has 1 aliphatic heterocycles. The zero-order chi connectivity index (χ0) is 14.8. The lowest BCUT2D eigenvalue weighted by atomic mass is 9.82. The van der Waals surface area contributed by atoms with E-state index in [9.17, 15) is 18.0 Å². The molecule has 2 unspecified atom stereocenters. The van der Waals surface area contributed by atoms with Gasteiger partial charge in [0.25, 0.3) is 0 Å². The van der Waals surface area contributed by atoms with Crippen molar-refractivity contribution in [3.63, 3.8) is 0 Å². The number of hydrogen-bond acceptors (Lipinski definition) is 2. The highest BCUT2D eigenvalue weighted by Crippen LogP contribution is 2.34. The van der Waals surface area contributed by atoms with Gasteiger partial charge in [-0.05, 0) is 31.6 Å². The summed E-state index contributed by atoms with van der Waals surface area (Å²) >= 11 is 0. The second kappa shape index (κ2) is 6.33. The summed E-state index contributed by atoms with van der Waals surface area (Å²) in [6.45, 7) is 0.454. The third-order valence-electron chi connectivity index (χ3n) is 4.72. The standard InChI is InChI=1S/C14H23F3N2O/c15-14(16,17)11-5-7-19(8-6-11)13(20)9-10-3-1-2-4-12(10)18/h10-12H,1-9,18H2. The van der Waals surface area contributed by atoms with Crippen molar-refractivity contribution in [2.45, 2.75) is 57.2 Å². The largest absolute Gasteiger partial charge is 0.391 e. The molecule has 2 fully saturated rings. The molecule has 2 atom stereocenters. The van der Waals surface area contributed by atoms with Crippen LogP contribution in [0.15, 0.2) is 0 Å². The molecule has 1 saturated heterocycles. The van der Waals surface area contributed by atoms with E-state index in [1.165, 1.54) is 0 Å². The van der Waals surface area contributed by atoms with Crippen LogP contribution in [0, 0.1) is 11.8 Å². The predicted molar refractivity (Wildman–Crippen MR) is 69.9 cm³/mol. The summed E-state index contributed by atoms with van der Waals surface area (Å²) in [5.74, 6) is -1.06. The zero-order valence-electron chi connectivity index (χ0n) is 11.7. The number of amides is 1. The first-order chi connectivity index (χ1) is 9.38. The molecule has 0 radical (unpaired) electrons. The Balaban J connectivity index is 1.80. The van der Waals surface area contributed by atoms with Gasteiger partial charge in [-0.2, -0.15) is 13.2 Å². The first-order valence-electron chi connectivity index (χ1n) is 7.48. The molecule has 6 heteroatoms. The fraction of sp³-hybridized carbons (Fsp3) is 0.929. The molecule has 1 amide bonds. The maximum absolute atomic E-state index is 12.6. The Kier molecular flexibility index (Phi) is 4.94. The van der Waals surface area contributed by atoms with Crippen molar-refractivity contribution in [1.82, 2.24) is 4.90 Å². The number of alkyl halides is 3. The highest BCUT2D eigenvalue weighted by atomic mass is 19.4. The Morgan fingerprint density at radius 2 is 1.70 bits per heavy atom. The molecule has 2 rings (SSSR count). The summed E-state index contributed by atoms with van der Waals surface area (Å²) in [5, 5.41) is 0. The quantitative estimate of drug-likeness (QED) is 0.850. The van der Waals surface area contributed by atoms with Crippen LogP contribution in [0.5, 0.6) is 0 Å². The van der Waals surface area contributed by atoms with E-state index in [2.05, 4.69) is 0 Å². The van der Waals surface area contributed by atoms with Gasteiger partial charge in [0.1, 0.15) is 0 Å². The normalized spacial score (nSPS) is 29.5. The van der Waals surface area contributed by atoms with E-state index in [-0.39, 0.29) is 43.8 Å². The summed E-state index contributed by atoms with van der Waals surface area (Å²) < 4.78 is 37.7. The first-order valence-corrected chi connectivity index (χ1v) is 7.48. The minimum absolute atomic E-state index is 0.0204. The van der Waals surface area contributed by atoms with Gasteiger partial charge in [0.15, 0.2) is 0 Å². The average molecular weight is 292 g/mol. The van der Waals surface area contributed by atoms with Crippen molar-refractivity contribution in [1.29, 1.82) is 0 Å². The van der Waals surface area contributed by atoms with Gasteiger partial charge in [0.05, 0.1) is 5.92 Å². The van der Waals surface area contributed by atoms with Crippen LogP contribution < -0.4 is 5.73 Å². The number of piperidine rings is 1. The van der Waals surface area contributed by atoms with Gasteiger partial charge >= 0.3 is 6.18 Å². The Morgan fingerprint density at radius 1 is 1.10 bits per heavy atom. The van der Waals surface area contributed by atoms with E-state index in [1.807, 2.05) is 0 Å². The smallest absolute Gasteiger partial charge is 0.343 e. The molecule has 1 saturated carbocycles. The molecule has 0 aromatic rings. The highest BCUT2D eigenvalue weighted by Gasteiger charge is 2.41. The van der Waals surface area contributed by atoms with Crippen LogP contribution in [0.1, 0.15) is 44.9 Å². The Morgan fingerprint density at radius 3 is 2.25 bits per heavy atom. The summed E-state index contributed by atoms with van der Waals surface area (Å²) in [6, 6.07) is 0.0698. The van der Waals surface area contributed by atoms with Gasteiger partial charge in [-0.15, -0.1) is 0 Å². The number of carbonyl (C=O) groups excluding carboxylic acids is 1. The van der Waals surface area contributed by atoms with Gasteiger partial charge in [-0.1, -0.05) is 12.8 Å².